The van der Waals surface area contributed by atoms with Crippen LogP contribution in [0.1, 0.15) is 24.2 Å². The molecule has 0 bridgehead atoms. The zero-order valence-electron chi connectivity index (χ0n) is 14.0. The van der Waals surface area contributed by atoms with E-state index in [1.165, 1.54) is 0 Å². The first-order chi connectivity index (χ1) is 12.3. The van der Waals surface area contributed by atoms with Crippen molar-refractivity contribution in [1.29, 1.82) is 0 Å². The van der Waals surface area contributed by atoms with E-state index in [2.05, 4.69) is 15.3 Å². The van der Waals surface area contributed by atoms with Crippen molar-refractivity contribution in [2.45, 2.75) is 24.8 Å². The van der Waals surface area contributed by atoms with Gasteiger partial charge in [-0.05, 0) is 30.5 Å². The van der Waals surface area contributed by atoms with Gasteiger partial charge in [0.25, 0.3) is 0 Å². The molecule has 2 N–H and O–H groups in total. The van der Waals surface area contributed by atoms with Crippen molar-refractivity contribution in [3.8, 4) is 0 Å². The monoisotopic (exact) mass is 335 g/mol. The van der Waals surface area contributed by atoms with Gasteiger partial charge < -0.3 is 15.0 Å². The smallest absolute Gasteiger partial charge is 0.231 e. The van der Waals surface area contributed by atoms with Crippen LogP contribution in [-0.4, -0.2) is 29.1 Å². The van der Waals surface area contributed by atoms with Gasteiger partial charge in [0.15, 0.2) is 0 Å². The van der Waals surface area contributed by atoms with Gasteiger partial charge in [0.1, 0.15) is 5.82 Å². The Bertz CT molecular complexity index is 834. The molecule has 1 saturated heterocycles. The first-order valence-corrected chi connectivity index (χ1v) is 8.63. The van der Waals surface area contributed by atoms with Crippen molar-refractivity contribution in [2.24, 2.45) is 0 Å². The maximum atomic E-state index is 13.1. The summed E-state index contributed by atoms with van der Waals surface area (Å²) in [7, 11) is 0. The minimum atomic E-state index is -0.522. The molecule has 0 radical (unpaired) electrons. The molecule has 5 heteroatoms. The lowest BCUT2D eigenvalue weighted by atomic mass is 9.73. The lowest BCUT2D eigenvalue weighted by Crippen LogP contribution is -2.47. The molecule has 0 unspecified atom stereocenters. The molecular formula is C20H21N3O2. The van der Waals surface area contributed by atoms with E-state index in [0.717, 1.165) is 22.4 Å². The van der Waals surface area contributed by atoms with Crippen LogP contribution < -0.4 is 5.32 Å². The number of nitrogens with zero attached hydrogens (tertiary/aromatic N) is 1. The van der Waals surface area contributed by atoms with Crippen LogP contribution in [0.15, 0.2) is 54.6 Å². The van der Waals surface area contributed by atoms with Crippen LogP contribution in [0.2, 0.25) is 0 Å². The third-order valence-corrected chi connectivity index (χ3v) is 4.96. The first kappa shape index (κ1) is 15.8. The van der Waals surface area contributed by atoms with Gasteiger partial charge in [-0.3, -0.25) is 4.79 Å². The number of ether oxygens (including phenoxy) is 1. The zero-order valence-corrected chi connectivity index (χ0v) is 14.0. The lowest BCUT2D eigenvalue weighted by Gasteiger charge is -2.36. The van der Waals surface area contributed by atoms with E-state index >= 15 is 0 Å². The molecule has 1 amide bonds. The van der Waals surface area contributed by atoms with Crippen LogP contribution in [0.25, 0.3) is 11.0 Å². The van der Waals surface area contributed by atoms with E-state index in [1.54, 1.807) is 0 Å². The second kappa shape index (κ2) is 6.69. The Morgan fingerprint density at radius 3 is 2.56 bits per heavy atom. The van der Waals surface area contributed by atoms with Crippen molar-refractivity contribution < 1.29 is 9.53 Å². The summed E-state index contributed by atoms with van der Waals surface area (Å²) >= 11 is 0. The second-order valence-electron chi connectivity index (χ2n) is 6.44. The highest BCUT2D eigenvalue weighted by Gasteiger charge is 2.41. The Morgan fingerprint density at radius 2 is 1.80 bits per heavy atom. The molecule has 3 aromatic rings. The van der Waals surface area contributed by atoms with Crippen molar-refractivity contribution >= 4 is 16.9 Å². The van der Waals surface area contributed by atoms with Gasteiger partial charge in [-0.1, -0.05) is 42.5 Å². The highest BCUT2D eigenvalue weighted by molar-refractivity contribution is 5.88. The van der Waals surface area contributed by atoms with E-state index < -0.39 is 5.41 Å². The molecule has 0 aliphatic carbocycles. The van der Waals surface area contributed by atoms with Crippen LogP contribution in [-0.2, 0) is 21.5 Å². The third-order valence-electron chi connectivity index (χ3n) is 4.96. The number of aromatic amines is 1. The fraction of sp³-hybridized carbons (Fsp3) is 0.300. The van der Waals surface area contributed by atoms with Crippen molar-refractivity contribution in [2.75, 3.05) is 13.2 Å². The minimum Gasteiger partial charge on any atom is -0.381 e. The SMILES string of the molecule is O=C(NCc1nc2ccccc2[nH]1)C1(c2ccccc2)CCOCC1. The standard InChI is InChI=1S/C20H21N3O2/c24-19(21-14-18-22-16-8-4-5-9-17(16)23-18)20(10-12-25-13-11-20)15-6-2-1-3-7-15/h1-9H,10-14H2,(H,21,24)(H,22,23). The molecule has 0 saturated carbocycles. The zero-order chi connectivity index (χ0) is 17.1. The Kier molecular flexibility index (Phi) is 4.24. The highest BCUT2D eigenvalue weighted by Crippen LogP contribution is 2.35. The van der Waals surface area contributed by atoms with Gasteiger partial charge in [0.2, 0.25) is 5.91 Å². The third kappa shape index (κ3) is 3.03. The lowest BCUT2D eigenvalue weighted by molar-refractivity contribution is -0.130. The quantitative estimate of drug-likeness (QED) is 0.770. The van der Waals surface area contributed by atoms with Gasteiger partial charge in [0, 0.05) is 13.2 Å². The summed E-state index contributed by atoms with van der Waals surface area (Å²) in [6.45, 7) is 1.60. The molecular weight excluding hydrogens is 314 g/mol. The van der Waals surface area contributed by atoms with Crippen LogP contribution >= 0.6 is 0 Å². The molecule has 25 heavy (non-hydrogen) atoms. The number of fused-ring (bicyclic) bond motifs is 1. The van der Waals surface area contributed by atoms with Crippen LogP contribution in [0.5, 0.6) is 0 Å². The maximum Gasteiger partial charge on any atom is 0.231 e. The Balaban J connectivity index is 1.54. The van der Waals surface area contributed by atoms with Crippen LogP contribution in [0, 0.1) is 0 Å². The van der Waals surface area contributed by atoms with Gasteiger partial charge in [0.05, 0.1) is 23.0 Å². The van der Waals surface area contributed by atoms with Gasteiger partial charge in [-0.15, -0.1) is 0 Å². The minimum absolute atomic E-state index is 0.0439. The summed E-state index contributed by atoms with van der Waals surface area (Å²) in [5.74, 6) is 0.812. The average Bonchev–Trinajstić information content (AvgIpc) is 3.10. The molecule has 1 aliphatic rings. The van der Waals surface area contributed by atoms with Gasteiger partial charge in [-0.25, -0.2) is 4.98 Å². The van der Waals surface area contributed by atoms with Crippen LogP contribution in [0.4, 0.5) is 0 Å². The number of para-hydroxylation sites is 2. The van der Waals surface area contributed by atoms with E-state index in [1.807, 2.05) is 54.6 Å². The predicted octanol–water partition coefficient (Wildman–Crippen LogP) is 2.93. The van der Waals surface area contributed by atoms with E-state index in [4.69, 9.17) is 4.74 Å². The van der Waals surface area contributed by atoms with E-state index in [-0.39, 0.29) is 5.91 Å². The largest absolute Gasteiger partial charge is 0.381 e. The molecule has 4 rings (SSSR count). The summed E-state index contributed by atoms with van der Waals surface area (Å²) in [6.07, 6.45) is 1.39. The molecule has 2 heterocycles. The number of rotatable bonds is 4. The maximum absolute atomic E-state index is 13.1. The second-order valence-corrected chi connectivity index (χ2v) is 6.44. The molecule has 128 valence electrons. The first-order valence-electron chi connectivity index (χ1n) is 8.63. The van der Waals surface area contributed by atoms with Gasteiger partial charge >= 0.3 is 0 Å². The summed E-state index contributed by atoms with van der Waals surface area (Å²) in [5.41, 5.74) is 2.43. The summed E-state index contributed by atoms with van der Waals surface area (Å²) < 4.78 is 5.50. The molecule has 1 aromatic heterocycles. The average molecular weight is 335 g/mol. The number of imidazole rings is 1. The normalized spacial score (nSPS) is 16.6. The van der Waals surface area contributed by atoms with Gasteiger partial charge in [-0.2, -0.15) is 0 Å². The van der Waals surface area contributed by atoms with E-state index in [0.29, 0.717) is 32.6 Å². The fourth-order valence-electron chi connectivity index (χ4n) is 3.55. The Hall–Kier alpha value is -2.66. The summed E-state index contributed by atoms with van der Waals surface area (Å²) in [4.78, 5) is 20.9. The number of amides is 1. The van der Waals surface area contributed by atoms with Crippen molar-refractivity contribution in [3.63, 3.8) is 0 Å². The van der Waals surface area contributed by atoms with Crippen molar-refractivity contribution in [1.82, 2.24) is 15.3 Å². The van der Waals surface area contributed by atoms with E-state index in [9.17, 15) is 4.79 Å². The fourth-order valence-corrected chi connectivity index (χ4v) is 3.55. The highest BCUT2D eigenvalue weighted by atomic mass is 16.5. The van der Waals surface area contributed by atoms with Crippen LogP contribution in [0.3, 0.4) is 0 Å². The number of nitrogens with one attached hydrogen (secondary N) is 2. The number of aromatic nitrogens is 2. The molecule has 1 fully saturated rings. The summed E-state index contributed by atoms with van der Waals surface area (Å²) in [6, 6.07) is 17.9. The number of hydrogen-bond donors (Lipinski definition) is 2. The number of carbonyl (C=O) groups is 1. The summed E-state index contributed by atoms with van der Waals surface area (Å²) in [5, 5.41) is 3.08. The molecule has 0 spiro atoms. The molecule has 0 atom stereocenters. The molecule has 5 nitrogen and oxygen atoms in total. The number of carbonyl (C=O) groups excluding carboxylic acids is 1. The predicted molar refractivity (Wildman–Crippen MR) is 96.1 cm³/mol. The Labute approximate surface area is 146 Å². The molecule has 1 aliphatic heterocycles. The Morgan fingerprint density at radius 1 is 1.08 bits per heavy atom. The number of hydrogen-bond acceptors (Lipinski definition) is 3. The number of H-pyrrole nitrogens is 1. The molecule has 2 aromatic carbocycles. The number of benzene rings is 2. The topological polar surface area (TPSA) is 67.0 Å². The van der Waals surface area contributed by atoms with Crippen molar-refractivity contribution in [3.05, 3.63) is 66.0 Å².